The van der Waals surface area contributed by atoms with Crippen LogP contribution in [-0.4, -0.2) is 57.8 Å². The number of hydrogen-bond donors (Lipinski definition) is 0. The summed E-state index contributed by atoms with van der Waals surface area (Å²) < 4.78 is 32.8. The SMILES string of the molecule is COc1cc(OCC2COC(CSC(C)=O)O2)cc(OC)c1OC. The Kier molecular flexibility index (Phi) is 7.01. The molecule has 7 nitrogen and oxygen atoms in total. The Labute approximate surface area is 145 Å². The summed E-state index contributed by atoms with van der Waals surface area (Å²) in [7, 11) is 4.64. The van der Waals surface area contributed by atoms with E-state index in [1.54, 1.807) is 33.5 Å². The van der Waals surface area contributed by atoms with Crippen molar-refractivity contribution in [3.8, 4) is 23.0 Å². The van der Waals surface area contributed by atoms with Gasteiger partial charge in [0.25, 0.3) is 0 Å². The van der Waals surface area contributed by atoms with Crippen molar-refractivity contribution >= 4 is 16.9 Å². The highest BCUT2D eigenvalue weighted by Crippen LogP contribution is 2.40. The summed E-state index contributed by atoms with van der Waals surface area (Å²) in [4.78, 5) is 11.0. The van der Waals surface area contributed by atoms with Crippen LogP contribution in [0.25, 0.3) is 0 Å². The third kappa shape index (κ3) is 4.93. The van der Waals surface area contributed by atoms with Gasteiger partial charge in [-0.05, 0) is 0 Å². The van der Waals surface area contributed by atoms with E-state index in [1.165, 1.54) is 18.7 Å². The number of hydrogen-bond acceptors (Lipinski definition) is 8. The van der Waals surface area contributed by atoms with Gasteiger partial charge in [0.2, 0.25) is 5.75 Å². The van der Waals surface area contributed by atoms with Crippen LogP contribution in [0, 0.1) is 0 Å². The molecule has 8 heteroatoms. The van der Waals surface area contributed by atoms with Crippen LogP contribution in [0.3, 0.4) is 0 Å². The van der Waals surface area contributed by atoms with Gasteiger partial charge in [-0.3, -0.25) is 4.79 Å². The van der Waals surface area contributed by atoms with E-state index >= 15 is 0 Å². The molecule has 2 atom stereocenters. The quantitative estimate of drug-likeness (QED) is 0.700. The minimum atomic E-state index is -0.382. The van der Waals surface area contributed by atoms with Crippen molar-refractivity contribution in [3.05, 3.63) is 12.1 Å². The predicted octanol–water partition coefficient (Wildman–Crippen LogP) is 2.11. The molecule has 24 heavy (non-hydrogen) atoms. The average Bonchev–Trinajstić information content (AvgIpc) is 3.05. The Morgan fingerprint density at radius 3 is 2.42 bits per heavy atom. The van der Waals surface area contributed by atoms with E-state index in [1.807, 2.05) is 0 Å². The van der Waals surface area contributed by atoms with Gasteiger partial charge >= 0.3 is 0 Å². The molecule has 0 bridgehead atoms. The first-order valence-corrected chi connectivity index (χ1v) is 8.39. The first kappa shape index (κ1) is 18.7. The van der Waals surface area contributed by atoms with Gasteiger partial charge in [0.05, 0.1) is 33.7 Å². The standard InChI is InChI=1S/C16H22O7S/c1-10(17)24-9-15-22-8-12(23-15)7-21-11-5-13(18-2)16(20-4)14(6-11)19-3/h5-6,12,15H,7-9H2,1-4H3. The molecule has 0 saturated carbocycles. The molecule has 134 valence electrons. The minimum absolute atomic E-state index is 0.0410. The molecule has 1 heterocycles. The van der Waals surface area contributed by atoms with Gasteiger partial charge in [0, 0.05) is 19.1 Å². The van der Waals surface area contributed by atoms with Crippen molar-refractivity contribution < 1.29 is 33.2 Å². The third-order valence-corrected chi connectivity index (χ3v) is 4.15. The molecule has 0 N–H and O–H groups in total. The van der Waals surface area contributed by atoms with E-state index in [9.17, 15) is 4.79 Å². The molecule has 1 aromatic carbocycles. The third-order valence-electron chi connectivity index (χ3n) is 3.31. The molecule has 0 aliphatic carbocycles. The summed E-state index contributed by atoms with van der Waals surface area (Å²) in [5, 5.41) is 0.0410. The van der Waals surface area contributed by atoms with Crippen LogP contribution >= 0.6 is 11.8 Å². The van der Waals surface area contributed by atoms with Crippen LogP contribution in [0.5, 0.6) is 23.0 Å². The van der Waals surface area contributed by atoms with Crippen LogP contribution in [0.4, 0.5) is 0 Å². The molecular formula is C16H22O7S. The van der Waals surface area contributed by atoms with Crippen LogP contribution in [-0.2, 0) is 14.3 Å². The molecule has 2 unspecified atom stereocenters. The lowest BCUT2D eigenvalue weighted by molar-refractivity contribution is -0.109. The van der Waals surface area contributed by atoms with Gasteiger partial charge in [0.1, 0.15) is 18.5 Å². The van der Waals surface area contributed by atoms with E-state index in [0.717, 1.165) is 0 Å². The Balaban J connectivity index is 1.91. The van der Waals surface area contributed by atoms with Crippen LogP contribution < -0.4 is 18.9 Å². The predicted molar refractivity (Wildman–Crippen MR) is 89.3 cm³/mol. The highest BCUT2D eigenvalue weighted by atomic mass is 32.2. The topological polar surface area (TPSA) is 72.5 Å². The van der Waals surface area contributed by atoms with Gasteiger partial charge in [0.15, 0.2) is 22.9 Å². The zero-order valence-electron chi connectivity index (χ0n) is 14.2. The fourth-order valence-corrected chi connectivity index (χ4v) is 2.74. The zero-order valence-corrected chi connectivity index (χ0v) is 15.0. The number of thioether (sulfide) groups is 1. The number of benzene rings is 1. The fraction of sp³-hybridized carbons (Fsp3) is 0.562. The van der Waals surface area contributed by atoms with Gasteiger partial charge < -0.3 is 28.4 Å². The molecule has 1 saturated heterocycles. The van der Waals surface area contributed by atoms with Crippen molar-refractivity contribution in [1.82, 2.24) is 0 Å². The van der Waals surface area contributed by atoms with E-state index in [0.29, 0.717) is 42.0 Å². The summed E-state index contributed by atoms with van der Waals surface area (Å²) in [6.45, 7) is 2.26. The van der Waals surface area contributed by atoms with Crippen molar-refractivity contribution in [2.45, 2.75) is 19.3 Å². The van der Waals surface area contributed by atoms with E-state index < -0.39 is 0 Å². The second-order valence-electron chi connectivity index (χ2n) is 5.00. The Morgan fingerprint density at radius 1 is 1.21 bits per heavy atom. The van der Waals surface area contributed by atoms with E-state index in [4.69, 9.17) is 28.4 Å². The van der Waals surface area contributed by atoms with Crippen molar-refractivity contribution in [2.24, 2.45) is 0 Å². The molecule has 0 amide bonds. The first-order valence-electron chi connectivity index (χ1n) is 7.40. The Morgan fingerprint density at radius 2 is 1.88 bits per heavy atom. The monoisotopic (exact) mass is 358 g/mol. The number of carbonyl (C=O) groups is 1. The maximum atomic E-state index is 11.0. The molecule has 0 radical (unpaired) electrons. The van der Waals surface area contributed by atoms with Crippen molar-refractivity contribution in [3.63, 3.8) is 0 Å². The normalized spacial score (nSPS) is 19.8. The largest absolute Gasteiger partial charge is 0.493 e. The van der Waals surface area contributed by atoms with Crippen LogP contribution in [0.2, 0.25) is 0 Å². The average molecular weight is 358 g/mol. The lowest BCUT2D eigenvalue weighted by atomic mass is 10.2. The first-order chi connectivity index (χ1) is 11.6. The second kappa shape index (κ2) is 9.00. The number of carbonyl (C=O) groups excluding carboxylic acids is 1. The minimum Gasteiger partial charge on any atom is -0.493 e. The van der Waals surface area contributed by atoms with Gasteiger partial charge in [-0.25, -0.2) is 0 Å². The summed E-state index contributed by atoms with van der Waals surface area (Å²) in [6.07, 6.45) is -0.575. The fourth-order valence-electron chi connectivity index (χ4n) is 2.20. The summed E-state index contributed by atoms with van der Waals surface area (Å²) in [6, 6.07) is 3.44. The molecule has 1 aromatic rings. The van der Waals surface area contributed by atoms with E-state index in [2.05, 4.69) is 0 Å². The number of ether oxygens (including phenoxy) is 6. The summed E-state index contributed by atoms with van der Waals surface area (Å²) >= 11 is 1.18. The lowest BCUT2D eigenvalue weighted by Crippen LogP contribution is -2.21. The summed E-state index contributed by atoms with van der Waals surface area (Å²) in [5.74, 6) is 2.61. The maximum Gasteiger partial charge on any atom is 0.203 e. The second-order valence-corrected chi connectivity index (χ2v) is 6.19. The van der Waals surface area contributed by atoms with Gasteiger partial charge in [-0.1, -0.05) is 11.8 Å². The maximum absolute atomic E-state index is 11.0. The molecule has 1 aliphatic heterocycles. The van der Waals surface area contributed by atoms with Gasteiger partial charge in [-0.15, -0.1) is 0 Å². The van der Waals surface area contributed by atoms with Crippen LogP contribution in [0.15, 0.2) is 12.1 Å². The summed E-state index contributed by atoms with van der Waals surface area (Å²) in [5.41, 5.74) is 0. The molecule has 0 aromatic heterocycles. The van der Waals surface area contributed by atoms with Gasteiger partial charge in [-0.2, -0.15) is 0 Å². The van der Waals surface area contributed by atoms with Crippen LogP contribution in [0.1, 0.15) is 6.92 Å². The smallest absolute Gasteiger partial charge is 0.203 e. The number of rotatable bonds is 8. The molecule has 0 spiro atoms. The molecular weight excluding hydrogens is 336 g/mol. The highest BCUT2D eigenvalue weighted by molar-refractivity contribution is 8.13. The zero-order chi connectivity index (χ0) is 17.5. The van der Waals surface area contributed by atoms with E-state index in [-0.39, 0.29) is 17.5 Å². The lowest BCUT2D eigenvalue weighted by Gasteiger charge is -2.16. The highest BCUT2D eigenvalue weighted by Gasteiger charge is 2.27. The molecule has 1 aliphatic rings. The molecule has 1 fully saturated rings. The number of methoxy groups -OCH3 is 3. The van der Waals surface area contributed by atoms with Crippen molar-refractivity contribution in [1.29, 1.82) is 0 Å². The molecule has 2 rings (SSSR count). The van der Waals surface area contributed by atoms with Crippen molar-refractivity contribution in [2.75, 3.05) is 40.3 Å². The Hall–Kier alpha value is -1.64. The Bertz CT molecular complexity index is 538.